The Labute approximate surface area is 160 Å². The molecule has 24 heavy (non-hydrogen) atoms. The fourth-order valence-electron chi connectivity index (χ4n) is 1.99. The average molecular weight is 443 g/mol. The van der Waals surface area contributed by atoms with Crippen LogP contribution >= 0.6 is 50.4 Å². The second-order valence-corrected chi connectivity index (χ2v) is 9.42. The van der Waals surface area contributed by atoms with E-state index in [1.807, 2.05) is 29.3 Å². The van der Waals surface area contributed by atoms with E-state index in [0.29, 0.717) is 13.0 Å². The van der Waals surface area contributed by atoms with E-state index >= 15 is 0 Å². The van der Waals surface area contributed by atoms with Crippen molar-refractivity contribution in [3.05, 3.63) is 50.3 Å². The summed E-state index contributed by atoms with van der Waals surface area (Å²) in [6, 6.07) is 7.88. The molecule has 3 aromatic rings. The highest BCUT2D eigenvalue weighted by atomic mass is 79.9. The Morgan fingerprint density at radius 1 is 1.38 bits per heavy atom. The van der Waals surface area contributed by atoms with Crippen molar-refractivity contribution < 1.29 is 9.21 Å². The number of thioether (sulfide) groups is 1. The van der Waals surface area contributed by atoms with Gasteiger partial charge in [-0.25, -0.2) is 4.98 Å². The molecule has 0 saturated carbocycles. The number of carbonyl (C=O) groups is 1. The molecule has 0 aliphatic heterocycles. The number of rotatable bonds is 8. The predicted octanol–water partition coefficient (Wildman–Crippen LogP) is 4.82. The van der Waals surface area contributed by atoms with Crippen molar-refractivity contribution in [2.24, 2.45) is 0 Å². The second kappa shape index (κ2) is 8.84. The highest BCUT2D eigenvalue weighted by Crippen LogP contribution is 2.25. The standard InChI is InChI=1S/C16H15BrN2O2S3/c17-14-4-3-12(24-14)10-22-7-5-18-15(20)8-11-9-23-16(19-11)13-2-1-6-21-13/h1-4,6,9H,5,7-8,10H2,(H,18,20). The second-order valence-electron chi connectivity index (χ2n) is 4.91. The maximum absolute atomic E-state index is 12.0. The normalized spacial score (nSPS) is 10.9. The number of thiophene rings is 1. The number of thiazole rings is 1. The Hall–Kier alpha value is -1.09. The van der Waals surface area contributed by atoms with E-state index < -0.39 is 0 Å². The molecule has 4 nitrogen and oxygen atoms in total. The first-order chi connectivity index (χ1) is 11.7. The summed E-state index contributed by atoms with van der Waals surface area (Å²) in [4.78, 5) is 17.7. The molecule has 3 heterocycles. The minimum Gasteiger partial charge on any atom is -0.462 e. The first kappa shape index (κ1) is 17.7. The lowest BCUT2D eigenvalue weighted by Crippen LogP contribution is -2.27. The molecule has 3 aromatic heterocycles. The van der Waals surface area contributed by atoms with Crippen molar-refractivity contribution in [1.82, 2.24) is 10.3 Å². The van der Waals surface area contributed by atoms with Gasteiger partial charge in [0, 0.05) is 28.3 Å². The number of amides is 1. The largest absolute Gasteiger partial charge is 0.462 e. The third-order valence-electron chi connectivity index (χ3n) is 3.07. The topological polar surface area (TPSA) is 55.1 Å². The summed E-state index contributed by atoms with van der Waals surface area (Å²) in [7, 11) is 0. The summed E-state index contributed by atoms with van der Waals surface area (Å²) in [6.07, 6.45) is 1.93. The molecule has 0 fully saturated rings. The smallest absolute Gasteiger partial charge is 0.226 e. The van der Waals surface area contributed by atoms with Gasteiger partial charge in [0.1, 0.15) is 0 Å². The fraction of sp³-hybridized carbons (Fsp3) is 0.250. The van der Waals surface area contributed by atoms with Gasteiger partial charge in [0.2, 0.25) is 5.91 Å². The van der Waals surface area contributed by atoms with Crippen LogP contribution in [0.15, 0.2) is 44.1 Å². The van der Waals surface area contributed by atoms with Crippen LogP contribution in [0.4, 0.5) is 0 Å². The lowest BCUT2D eigenvalue weighted by molar-refractivity contribution is -0.120. The van der Waals surface area contributed by atoms with Gasteiger partial charge in [-0.3, -0.25) is 4.79 Å². The number of hydrogen-bond donors (Lipinski definition) is 1. The van der Waals surface area contributed by atoms with Crippen LogP contribution in [-0.2, 0) is 17.0 Å². The Morgan fingerprint density at radius 3 is 3.04 bits per heavy atom. The molecule has 0 unspecified atom stereocenters. The van der Waals surface area contributed by atoms with Crippen molar-refractivity contribution >= 4 is 56.3 Å². The SMILES string of the molecule is O=C(Cc1csc(-c2ccco2)n1)NCCSCc1ccc(Br)s1. The van der Waals surface area contributed by atoms with E-state index in [2.05, 4.69) is 38.4 Å². The van der Waals surface area contributed by atoms with E-state index in [0.717, 1.165) is 31.8 Å². The molecule has 126 valence electrons. The molecule has 0 saturated heterocycles. The monoisotopic (exact) mass is 442 g/mol. The fourth-order valence-corrected chi connectivity index (χ4v) is 5.23. The van der Waals surface area contributed by atoms with Crippen molar-refractivity contribution in [3.8, 4) is 10.8 Å². The number of aromatic nitrogens is 1. The maximum Gasteiger partial charge on any atom is 0.226 e. The molecule has 0 aliphatic rings. The van der Waals surface area contributed by atoms with Crippen molar-refractivity contribution in [2.75, 3.05) is 12.3 Å². The van der Waals surface area contributed by atoms with E-state index in [4.69, 9.17) is 4.42 Å². The van der Waals surface area contributed by atoms with E-state index in [1.54, 1.807) is 17.6 Å². The zero-order chi connectivity index (χ0) is 16.8. The Balaban J connectivity index is 1.35. The van der Waals surface area contributed by atoms with Gasteiger partial charge in [0.25, 0.3) is 0 Å². The molecule has 1 N–H and O–H groups in total. The lowest BCUT2D eigenvalue weighted by atomic mass is 10.3. The number of furan rings is 1. The van der Waals surface area contributed by atoms with Gasteiger partial charge >= 0.3 is 0 Å². The minimum absolute atomic E-state index is 0.00534. The summed E-state index contributed by atoms with van der Waals surface area (Å²) in [5.74, 6) is 2.62. The highest BCUT2D eigenvalue weighted by Gasteiger charge is 2.10. The molecule has 0 atom stereocenters. The number of halogens is 1. The van der Waals surface area contributed by atoms with Crippen LogP contribution in [0.2, 0.25) is 0 Å². The molecule has 1 amide bonds. The van der Waals surface area contributed by atoms with Gasteiger partial charge in [-0.2, -0.15) is 11.8 Å². The van der Waals surface area contributed by atoms with Crippen molar-refractivity contribution in [1.29, 1.82) is 0 Å². The highest BCUT2D eigenvalue weighted by molar-refractivity contribution is 9.11. The minimum atomic E-state index is 0.00534. The lowest BCUT2D eigenvalue weighted by Gasteiger charge is -2.03. The molecule has 3 rings (SSSR count). The van der Waals surface area contributed by atoms with Gasteiger partial charge in [-0.1, -0.05) is 0 Å². The maximum atomic E-state index is 12.0. The molecular formula is C16H15BrN2O2S3. The van der Waals surface area contributed by atoms with Crippen LogP contribution < -0.4 is 5.32 Å². The van der Waals surface area contributed by atoms with Gasteiger partial charge < -0.3 is 9.73 Å². The molecule has 0 spiro atoms. The number of carbonyl (C=O) groups excluding carboxylic acids is 1. The number of nitrogens with one attached hydrogen (secondary N) is 1. The zero-order valence-corrected chi connectivity index (χ0v) is 16.7. The quantitative estimate of drug-likeness (QED) is 0.508. The van der Waals surface area contributed by atoms with Crippen molar-refractivity contribution in [3.63, 3.8) is 0 Å². The van der Waals surface area contributed by atoms with E-state index in [1.165, 1.54) is 16.2 Å². The first-order valence-corrected chi connectivity index (χ1v) is 10.9. The van der Waals surface area contributed by atoms with Crippen LogP contribution in [0.1, 0.15) is 10.6 Å². The Morgan fingerprint density at radius 2 is 2.29 bits per heavy atom. The third kappa shape index (κ3) is 5.20. The van der Waals surface area contributed by atoms with E-state index in [9.17, 15) is 4.79 Å². The van der Waals surface area contributed by atoms with Gasteiger partial charge in [0.05, 0.1) is 22.2 Å². The summed E-state index contributed by atoms with van der Waals surface area (Å²) in [5.41, 5.74) is 0.778. The van der Waals surface area contributed by atoms with Gasteiger partial charge in [0.15, 0.2) is 10.8 Å². The van der Waals surface area contributed by atoms with Crippen molar-refractivity contribution in [2.45, 2.75) is 12.2 Å². The van der Waals surface area contributed by atoms with Gasteiger partial charge in [-0.15, -0.1) is 22.7 Å². The van der Waals surface area contributed by atoms with Crippen LogP contribution in [0.25, 0.3) is 10.8 Å². The average Bonchev–Trinajstić information content (AvgIpc) is 3.28. The van der Waals surface area contributed by atoms with Gasteiger partial charge in [-0.05, 0) is 40.2 Å². The molecule has 0 aromatic carbocycles. The number of nitrogens with zero attached hydrogens (tertiary/aromatic N) is 1. The Bertz CT molecular complexity index is 783. The summed E-state index contributed by atoms with van der Waals surface area (Å²) in [5, 5.41) is 5.65. The molecule has 0 radical (unpaired) electrons. The molecule has 8 heteroatoms. The van der Waals surface area contributed by atoms with Crippen LogP contribution in [-0.4, -0.2) is 23.2 Å². The number of hydrogen-bond acceptors (Lipinski definition) is 6. The molecule has 0 aliphatic carbocycles. The van der Waals surface area contributed by atoms with E-state index in [-0.39, 0.29) is 5.91 Å². The van der Waals surface area contributed by atoms with Crippen LogP contribution in [0, 0.1) is 0 Å². The summed E-state index contributed by atoms with van der Waals surface area (Å²) >= 11 is 8.52. The molecular weight excluding hydrogens is 428 g/mol. The molecule has 0 bridgehead atoms. The predicted molar refractivity (Wildman–Crippen MR) is 105 cm³/mol. The van der Waals surface area contributed by atoms with Crippen LogP contribution in [0.5, 0.6) is 0 Å². The first-order valence-electron chi connectivity index (χ1n) is 7.27. The summed E-state index contributed by atoms with van der Waals surface area (Å²) in [6.45, 7) is 0.672. The Kier molecular flexibility index (Phi) is 6.53. The zero-order valence-electron chi connectivity index (χ0n) is 12.7. The van der Waals surface area contributed by atoms with Crippen LogP contribution in [0.3, 0.4) is 0 Å². The summed E-state index contributed by atoms with van der Waals surface area (Å²) < 4.78 is 6.47. The third-order valence-corrected chi connectivity index (χ3v) is 6.79.